The molecule has 1 aliphatic carbocycles. The molecule has 4 nitrogen and oxygen atoms in total. The zero-order valence-corrected chi connectivity index (χ0v) is 11.0. The van der Waals surface area contributed by atoms with E-state index in [-0.39, 0.29) is 5.91 Å². The van der Waals surface area contributed by atoms with Gasteiger partial charge >= 0.3 is 0 Å². The molecule has 3 rings (SSSR count). The summed E-state index contributed by atoms with van der Waals surface area (Å²) < 4.78 is 5.62. The number of nitrogens with two attached hydrogens (primary N) is 1. The van der Waals surface area contributed by atoms with Crippen LogP contribution in [-0.4, -0.2) is 18.6 Å². The van der Waals surface area contributed by atoms with Crippen LogP contribution in [0.15, 0.2) is 24.3 Å². The zero-order chi connectivity index (χ0) is 13.3. The molecule has 1 unspecified atom stereocenters. The molecule has 102 valence electrons. The fraction of sp³-hybridized carbons (Fsp3) is 0.533. The predicted molar refractivity (Wildman–Crippen MR) is 72.4 cm³/mol. The Labute approximate surface area is 113 Å². The molecule has 19 heavy (non-hydrogen) atoms. The third-order valence-electron chi connectivity index (χ3n) is 4.28. The Kier molecular flexibility index (Phi) is 3.29. The number of ether oxygens (including phenoxy) is 1. The molecule has 2 aliphatic rings. The van der Waals surface area contributed by atoms with Crippen molar-refractivity contribution in [2.75, 3.05) is 6.61 Å². The second-order valence-corrected chi connectivity index (χ2v) is 5.55. The van der Waals surface area contributed by atoms with Gasteiger partial charge in [0.15, 0.2) is 0 Å². The fourth-order valence-corrected chi connectivity index (χ4v) is 3.27. The first-order valence-electron chi connectivity index (χ1n) is 6.96. The van der Waals surface area contributed by atoms with Crippen LogP contribution in [0, 0.1) is 0 Å². The summed E-state index contributed by atoms with van der Waals surface area (Å²) in [6.07, 6.45) is 4.65. The van der Waals surface area contributed by atoms with Gasteiger partial charge in [0.2, 0.25) is 5.91 Å². The lowest BCUT2D eigenvalue weighted by Gasteiger charge is -2.39. The number of fused-ring (bicyclic) bond motifs is 1. The van der Waals surface area contributed by atoms with Gasteiger partial charge in [0, 0.05) is 6.04 Å². The molecule has 1 aromatic rings. The minimum absolute atomic E-state index is 0.329. The summed E-state index contributed by atoms with van der Waals surface area (Å²) in [5.74, 6) is -0.341. The second-order valence-electron chi connectivity index (χ2n) is 5.55. The molecular formula is C15H20N2O2. The molecular weight excluding hydrogens is 240 g/mol. The van der Waals surface area contributed by atoms with Crippen LogP contribution in [-0.2, 0) is 21.7 Å². The normalized spacial score (nSPS) is 27.2. The summed E-state index contributed by atoms with van der Waals surface area (Å²) in [6, 6.07) is 8.28. The lowest BCUT2D eigenvalue weighted by molar-refractivity contribution is -0.129. The molecule has 1 amide bonds. The van der Waals surface area contributed by atoms with E-state index in [1.54, 1.807) is 0 Å². The van der Waals surface area contributed by atoms with Crippen molar-refractivity contribution in [3.8, 4) is 0 Å². The standard InChI is InChI=1S/C15H20N2O2/c16-14(18)15(17-12-6-2-3-7-12)10-19-9-11-5-1-4-8-13(11)15/h1,4-5,8,12,17H,2-3,6-7,9-10H2,(H2,16,18). The number of carbonyl (C=O) groups excluding carboxylic acids is 1. The quantitative estimate of drug-likeness (QED) is 0.864. The highest BCUT2D eigenvalue weighted by atomic mass is 16.5. The zero-order valence-electron chi connectivity index (χ0n) is 11.0. The minimum atomic E-state index is -0.857. The molecule has 4 heteroatoms. The van der Waals surface area contributed by atoms with Gasteiger partial charge in [0.1, 0.15) is 5.54 Å². The lowest BCUT2D eigenvalue weighted by Crippen LogP contribution is -2.60. The summed E-state index contributed by atoms with van der Waals surface area (Å²) in [7, 11) is 0. The molecule has 1 heterocycles. The Morgan fingerprint density at radius 2 is 2.05 bits per heavy atom. The summed E-state index contributed by atoms with van der Waals surface area (Å²) >= 11 is 0. The molecule has 1 aromatic carbocycles. The van der Waals surface area contributed by atoms with Gasteiger partial charge in [0.05, 0.1) is 13.2 Å². The van der Waals surface area contributed by atoms with Crippen LogP contribution >= 0.6 is 0 Å². The first-order chi connectivity index (χ1) is 9.22. The highest BCUT2D eigenvalue weighted by molar-refractivity contribution is 5.87. The average molecular weight is 260 g/mol. The Morgan fingerprint density at radius 3 is 2.79 bits per heavy atom. The molecule has 0 saturated heterocycles. The van der Waals surface area contributed by atoms with Crippen LogP contribution in [0.2, 0.25) is 0 Å². The van der Waals surface area contributed by atoms with Crippen LogP contribution in [0.5, 0.6) is 0 Å². The van der Waals surface area contributed by atoms with E-state index in [0.29, 0.717) is 19.3 Å². The maximum atomic E-state index is 12.1. The minimum Gasteiger partial charge on any atom is -0.374 e. The van der Waals surface area contributed by atoms with Gasteiger partial charge in [-0.05, 0) is 24.0 Å². The molecule has 0 spiro atoms. The molecule has 0 aromatic heterocycles. The largest absolute Gasteiger partial charge is 0.374 e. The van der Waals surface area contributed by atoms with E-state index in [1.165, 1.54) is 12.8 Å². The lowest BCUT2D eigenvalue weighted by atomic mass is 9.84. The van der Waals surface area contributed by atoms with Crippen molar-refractivity contribution in [3.05, 3.63) is 35.4 Å². The molecule has 1 aliphatic heterocycles. The van der Waals surface area contributed by atoms with Crippen LogP contribution in [0.1, 0.15) is 36.8 Å². The highest BCUT2D eigenvalue weighted by Gasteiger charge is 2.44. The predicted octanol–water partition coefficient (Wildman–Crippen LogP) is 1.43. The number of hydrogen-bond acceptors (Lipinski definition) is 3. The van der Waals surface area contributed by atoms with Gasteiger partial charge < -0.3 is 10.5 Å². The van der Waals surface area contributed by atoms with Gasteiger partial charge in [-0.3, -0.25) is 10.1 Å². The Morgan fingerprint density at radius 1 is 1.32 bits per heavy atom. The number of nitrogens with one attached hydrogen (secondary N) is 1. The van der Waals surface area contributed by atoms with Crippen LogP contribution in [0.4, 0.5) is 0 Å². The molecule has 1 saturated carbocycles. The van der Waals surface area contributed by atoms with Crippen LogP contribution in [0.3, 0.4) is 0 Å². The first-order valence-corrected chi connectivity index (χ1v) is 6.96. The summed E-state index contributed by atoms with van der Waals surface area (Å²) in [4.78, 5) is 12.1. The Balaban J connectivity index is 1.99. The number of rotatable bonds is 3. The molecule has 0 radical (unpaired) electrons. The second kappa shape index (κ2) is 4.94. The van der Waals surface area contributed by atoms with Crippen molar-refractivity contribution >= 4 is 5.91 Å². The third kappa shape index (κ3) is 2.15. The van der Waals surface area contributed by atoms with Gasteiger partial charge in [-0.15, -0.1) is 0 Å². The van der Waals surface area contributed by atoms with Crippen LogP contribution < -0.4 is 11.1 Å². The van der Waals surface area contributed by atoms with Crippen molar-refractivity contribution in [2.45, 2.75) is 43.9 Å². The van der Waals surface area contributed by atoms with E-state index in [4.69, 9.17) is 10.5 Å². The number of amides is 1. The molecule has 1 fully saturated rings. The van der Waals surface area contributed by atoms with Gasteiger partial charge in [0.25, 0.3) is 0 Å². The SMILES string of the molecule is NC(=O)C1(NC2CCCC2)COCc2ccccc21. The Hall–Kier alpha value is -1.39. The summed E-state index contributed by atoms with van der Waals surface area (Å²) in [5, 5.41) is 3.49. The van der Waals surface area contributed by atoms with E-state index in [9.17, 15) is 4.79 Å². The maximum Gasteiger partial charge on any atom is 0.244 e. The summed E-state index contributed by atoms with van der Waals surface area (Å²) in [6.45, 7) is 0.882. The van der Waals surface area contributed by atoms with Gasteiger partial charge in [-0.2, -0.15) is 0 Å². The smallest absolute Gasteiger partial charge is 0.244 e. The highest BCUT2D eigenvalue weighted by Crippen LogP contribution is 2.32. The van der Waals surface area contributed by atoms with Crippen molar-refractivity contribution < 1.29 is 9.53 Å². The van der Waals surface area contributed by atoms with Crippen molar-refractivity contribution in [3.63, 3.8) is 0 Å². The number of primary amides is 1. The topological polar surface area (TPSA) is 64.4 Å². The van der Waals surface area contributed by atoms with Gasteiger partial charge in [-0.25, -0.2) is 0 Å². The average Bonchev–Trinajstić information content (AvgIpc) is 2.91. The first kappa shape index (κ1) is 12.6. The Bertz CT molecular complexity index is 483. The molecule has 0 bridgehead atoms. The van der Waals surface area contributed by atoms with E-state index in [0.717, 1.165) is 24.0 Å². The van der Waals surface area contributed by atoms with Crippen molar-refractivity contribution in [2.24, 2.45) is 5.73 Å². The number of carbonyl (C=O) groups is 1. The van der Waals surface area contributed by atoms with Crippen molar-refractivity contribution in [1.29, 1.82) is 0 Å². The van der Waals surface area contributed by atoms with Gasteiger partial charge in [-0.1, -0.05) is 37.1 Å². The third-order valence-corrected chi connectivity index (χ3v) is 4.28. The van der Waals surface area contributed by atoms with Crippen molar-refractivity contribution in [1.82, 2.24) is 5.32 Å². The van der Waals surface area contributed by atoms with Crippen LogP contribution in [0.25, 0.3) is 0 Å². The molecule has 3 N–H and O–H groups in total. The van der Waals surface area contributed by atoms with E-state index >= 15 is 0 Å². The number of benzene rings is 1. The van der Waals surface area contributed by atoms with E-state index in [2.05, 4.69) is 5.32 Å². The monoisotopic (exact) mass is 260 g/mol. The van der Waals surface area contributed by atoms with E-state index in [1.807, 2.05) is 24.3 Å². The maximum absolute atomic E-state index is 12.1. The van der Waals surface area contributed by atoms with E-state index < -0.39 is 5.54 Å². The number of hydrogen-bond donors (Lipinski definition) is 2. The fourth-order valence-electron chi connectivity index (χ4n) is 3.27. The molecule has 1 atom stereocenters. The summed E-state index contributed by atoms with van der Waals surface area (Å²) in [5.41, 5.74) is 6.90.